The van der Waals surface area contributed by atoms with Gasteiger partial charge in [0.05, 0.1) is 6.10 Å². The summed E-state index contributed by atoms with van der Waals surface area (Å²) < 4.78 is 0. The first-order valence-corrected chi connectivity index (χ1v) is 8.87. The lowest BCUT2D eigenvalue weighted by Gasteiger charge is -2.12. The molecule has 0 spiro atoms. The van der Waals surface area contributed by atoms with Gasteiger partial charge in [0.15, 0.2) is 0 Å². The fourth-order valence-corrected chi connectivity index (χ4v) is 3.07. The topological polar surface area (TPSA) is 20.2 Å². The number of hydrogen-bond acceptors (Lipinski definition) is 1. The lowest BCUT2D eigenvalue weighted by molar-refractivity contribution is 0.161. The molecule has 0 aromatic heterocycles. The van der Waals surface area contributed by atoms with Crippen molar-refractivity contribution in [2.24, 2.45) is 0 Å². The molecule has 21 heavy (non-hydrogen) atoms. The van der Waals surface area contributed by atoms with Crippen molar-refractivity contribution in [1.29, 1.82) is 0 Å². The lowest BCUT2D eigenvalue weighted by atomic mass is 9.99. The molecule has 0 saturated heterocycles. The molecule has 1 nitrogen and oxygen atoms in total. The van der Waals surface area contributed by atoms with Gasteiger partial charge in [0.2, 0.25) is 0 Å². The molecule has 0 aliphatic heterocycles. The maximum Gasteiger partial charge on any atom is 0.0580 e. The zero-order valence-electron chi connectivity index (χ0n) is 14.3. The van der Waals surface area contributed by atoms with Crippen LogP contribution in [0, 0.1) is 13.8 Å². The molecule has 0 radical (unpaired) electrons. The second-order valence-corrected chi connectivity index (χ2v) is 6.62. The van der Waals surface area contributed by atoms with E-state index in [9.17, 15) is 5.11 Å². The van der Waals surface area contributed by atoms with Gasteiger partial charge in [-0.15, -0.1) is 0 Å². The zero-order chi connectivity index (χ0) is 15.5. The van der Waals surface area contributed by atoms with Crippen molar-refractivity contribution in [2.45, 2.75) is 91.1 Å². The quantitative estimate of drug-likeness (QED) is 0.515. The summed E-state index contributed by atoms with van der Waals surface area (Å²) in [6.07, 6.45) is 12.2. The third-order valence-corrected chi connectivity index (χ3v) is 4.14. The van der Waals surface area contributed by atoms with Crippen molar-refractivity contribution in [1.82, 2.24) is 0 Å². The van der Waals surface area contributed by atoms with Crippen LogP contribution in [0.3, 0.4) is 0 Å². The number of aryl methyl sites for hydroxylation is 2. The van der Waals surface area contributed by atoms with Gasteiger partial charge < -0.3 is 5.11 Å². The second kappa shape index (κ2) is 10.8. The molecule has 0 fully saturated rings. The van der Waals surface area contributed by atoms with Gasteiger partial charge in [0, 0.05) is 0 Å². The predicted molar refractivity (Wildman–Crippen MR) is 92.9 cm³/mol. The highest BCUT2D eigenvalue weighted by molar-refractivity contribution is 5.28. The molecule has 0 aliphatic carbocycles. The Morgan fingerprint density at radius 3 is 1.90 bits per heavy atom. The average Bonchev–Trinajstić information content (AvgIpc) is 2.40. The van der Waals surface area contributed by atoms with Crippen molar-refractivity contribution in [3.63, 3.8) is 0 Å². The van der Waals surface area contributed by atoms with Gasteiger partial charge in [-0.2, -0.15) is 0 Å². The van der Waals surface area contributed by atoms with Gasteiger partial charge in [-0.25, -0.2) is 0 Å². The van der Waals surface area contributed by atoms with E-state index in [1.807, 2.05) is 0 Å². The Kier molecular flexibility index (Phi) is 9.41. The number of benzene rings is 1. The van der Waals surface area contributed by atoms with Gasteiger partial charge in [-0.05, 0) is 32.3 Å². The van der Waals surface area contributed by atoms with Crippen molar-refractivity contribution < 1.29 is 5.11 Å². The van der Waals surface area contributed by atoms with E-state index in [1.165, 1.54) is 68.1 Å². The first-order chi connectivity index (χ1) is 10.1. The highest BCUT2D eigenvalue weighted by Crippen LogP contribution is 2.15. The number of rotatable bonds is 11. The Bertz CT molecular complexity index is 363. The van der Waals surface area contributed by atoms with Crippen LogP contribution in [0.4, 0.5) is 0 Å². The Hall–Kier alpha value is -0.820. The van der Waals surface area contributed by atoms with E-state index in [-0.39, 0.29) is 6.10 Å². The molecule has 1 heteroatoms. The lowest BCUT2D eigenvalue weighted by Crippen LogP contribution is -2.10. The third kappa shape index (κ3) is 8.93. The first-order valence-electron chi connectivity index (χ1n) is 8.87. The normalized spacial score (nSPS) is 12.6. The minimum atomic E-state index is -0.175. The molecule has 0 amide bonds. The van der Waals surface area contributed by atoms with Crippen LogP contribution < -0.4 is 0 Å². The van der Waals surface area contributed by atoms with Crippen LogP contribution in [0.15, 0.2) is 18.2 Å². The second-order valence-electron chi connectivity index (χ2n) is 6.62. The molecule has 0 aliphatic rings. The van der Waals surface area contributed by atoms with Gasteiger partial charge in [-0.3, -0.25) is 0 Å². The largest absolute Gasteiger partial charge is 0.393 e. The van der Waals surface area contributed by atoms with Crippen LogP contribution in [-0.2, 0) is 6.42 Å². The summed E-state index contributed by atoms with van der Waals surface area (Å²) in [5.74, 6) is 0. The fraction of sp³-hybridized carbons (Fsp3) is 0.700. The number of unbranched alkanes of at least 4 members (excludes halogenated alkanes) is 7. The number of aliphatic hydroxyl groups is 1. The van der Waals surface area contributed by atoms with E-state index < -0.39 is 0 Å². The first kappa shape index (κ1) is 18.2. The van der Waals surface area contributed by atoms with Gasteiger partial charge in [0.1, 0.15) is 0 Å². The van der Waals surface area contributed by atoms with Gasteiger partial charge in [0.25, 0.3) is 0 Å². The number of aliphatic hydroxyl groups excluding tert-OH is 1. The molecular weight excluding hydrogens is 256 g/mol. The van der Waals surface area contributed by atoms with Crippen LogP contribution in [0.5, 0.6) is 0 Å². The molecular formula is C20H34O. The fourth-order valence-electron chi connectivity index (χ4n) is 3.07. The Balaban J connectivity index is 2.09. The van der Waals surface area contributed by atoms with E-state index in [2.05, 4.69) is 39.0 Å². The molecule has 0 saturated carbocycles. The molecule has 1 N–H and O–H groups in total. The van der Waals surface area contributed by atoms with Crippen LogP contribution >= 0.6 is 0 Å². The van der Waals surface area contributed by atoms with E-state index in [0.29, 0.717) is 0 Å². The predicted octanol–water partition coefficient (Wildman–Crippen LogP) is 5.74. The van der Waals surface area contributed by atoms with Crippen molar-refractivity contribution in [3.05, 3.63) is 34.9 Å². The zero-order valence-corrected chi connectivity index (χ0v) is 14.3. The standard InChI is InChI=1S/C20H34O/c1-4-5-6-7-8-9-10-11-12-20(21)16-19-14-17(2)13-18(3)15-19/h13-15,20-21H,4-12,16H2,1-3H3. The van der Waals surface area contributed by atoms with E-state index in [1.54, 1.807) is 0 Å². The Morgan fingerprint density at radius 1 is 0.810 bits per heavy atom. The molecule has 120 valence electrons. The summed E-state index contributed by atoms with van der Waals surface area (Å²) in [6.45, 7) is 6.51. The SMILES string of the molecule is CCCCCCCCCCC(O)Cc1cc(C)cc(C)c1. The minimum absolute atomic E-state index is 0.175. The van der Waals surface area contributed by atoms with Crippen molar-refractivity contribution in [2.75, 3.05) is 0 Å². The summed E-state index contributed by atoms with van der Waals surface area (Å²) in [6, 6.07) is 6.59. The van der Waals surface area contributed by atoms with E-state index >= 15 is 0 Å². The van der Waals surface area contributed by atoms with Crippen molar-refractivity contribution >= 4 is 0 Å². The molecule has 0 bridgehead atoms. The molecule has 1 rings (SSSR count). The molecule has 1 aromatic rings. The summed E-state index contributed by atoms with van der Waals surface area (Å²) in [7, 11) is 0. The highest BCUT2D eigenvalue weighted by Gasteiger charge is 2.06. The van der Waals surface area contributed by atoms with Crippen LogP contribution in [0.2, 0.25) is 0 Å². The maximum absolute atomic E-state index is 10.2. The third-order valence-electron chi connectivity index (χ3n) is 4.14. The smallest absolute Gasteiger partial charge is 0.0580 e. The number of hydrogen-bond donors (Lipinski definition) is 1. The maximum atomic E-state index is 10.2. The van der Waals surface area contributed by atoms with Gasteiger partial charge >= 0.3 is 0 Å². The summed E-state index contributed by atoms with van der Waals surface area (Å²) >= 11 is 0. The summed E-state index contributed by atoms with van der Waals surface area (Å²) in [4.78, 5) is 0. The Labute approximate surface area is 131 Å². The molecule has 1 atom stereocenters. The van der Waals surface area contributed by atoms with E-state index in [0.717, 1.165) is 12.8 Å². The average molecular weight is 290 g/mol. The Morgan fingerprint density at radius 2 is 1.33 bits per heavy atom. The van der Waals surface area contributed by atoms with Gasteiger partial charge in [-0.1, -0.05) is 87.6 Å². The monoisotopic (exact) mass is 290 g/mol. The molecule has 1 aromatic carbocycles. The van der Waals surface area contributed by atoms with Crippen LogP contribution in [-0.4, -0.2) is 11.2 Å². The summed E-state index contributed by atoms with van der Waals surface area (Å²) in [5.41, 5.74) is 3.87. The van der Waals surface area contributed by atoms with Crippen LogP contribution in [0.1, 0.15) is 81.4 Å². The van der Waals surface area contributed by atoms with Crippen LogP contribution in [0.25, 0.3) is 0 Å². The minimum Gasteiger partial charge on any atom is -0.393 e. The van der Waals surface area contributed by atoms with Crippen molar-refractivity contribution in [3.8, 4) is 0 Å². The molecule has 1 unspecified atom stereocenters. The van der Waals surface area contributed by atoms with E-state index in [4.69, 9.17) is 0 Å². The molecule has 0 heterocycles. The summed E-state index contributed by atoms with van der Waals surface area (Å²) in [5, 5.41) is 10.2. The highest BCUT2D eigenvalue weighted by atomic mass is 16.3.